The Labute approximate surface area is 159 Å². The first-order chi connectivity index (χ1) is 13.0. The lowest BCUT2D eigenvalue weighted by atomic mass is 10.1. The lowest BCUT2D eigenvalue weighted by molar-refractivity contribution is -0.384. The van der Waals surface area contributed by atoms with Crippen LogP contribution in [0.15, 0.2) is 60.8 Å². The highest BCUT2D eigenvalue weighted by Crippen LogP contribution is 2.41. The fourth-order valence-electron chi connectivity index (χ4n) is 3.04. The van der Waals surface area contributed by atoms with Crippen LogP contribution in [-0.4, -0.2) is 38.3 Å². The van der Waals surface area contributed by atoms with Crippen LogP contribution >= 0.6 is 11.8 Å². The number of amides is 1. The molecule has 0 spiro atoms. The predicted octanol–water partition coefficient (Wildman–Crippen LogP) is 3.65. The van der Waals surface area contributed by atoms with E-state index >= 15 is 0 Å². The molecule has 136 valence electrons. The number of hydrogen-bond donors (Lipinski definition) is 0. The van der Waals surface area contributed by atoms with Crippen molar-refractivity contribution in [3.8, 4) is 16.9 Å². The van der Waals surface area contributed by atoms with Gasteiger partial charge in [0.2, 0.25) is 5.91 Å². The molecule has 0 aliphatic carbocycles. The number of benzene rings is 2. The highest BCUT2D eigenvalue weighted by Gasteiger charge is 2.33. The van der Waals surface area contributed by atoms with Crippen molar-refractivity contribution in [2.24, 2.45) is 0 Å². The molecule has 1 aliphatic heterocycles. The molecule has 8 heteroatoms. The van der Waals surface area contributed by atoms with E-state index in [2.05, 4.69) is 0 Å². The minimum atomic E-state index is -0.424. The quantitative estimate of drug-likeness (QED) is 0.510. The van der Waals surface area contributed by atoms with Gasteiger partial charge in [0, 0.05) is 36.5 Å². The summed E-state index contributed by atoms with van der Waals surface area (Å²) in [7, 11) is 1.78. The van der Waals surface area contributed by atoms with Gasteiger partial charge in [0.05, 0.1) is 22.1 Å². The van der Waals surface area contributed by atoms with Gasteiger partial charge in [-0.1, -0.05) is 18.2 Å². The number of aromatic nitrogens is 2. The van der Waals surface area contributed by atoms with Gasteiger partial charge in [-0.15, -0.1) is 11.8 Å². The molecule has 1 aromatic heterocycles. The highest BCUT2D eigenvalue weighted by atomic mass is 32.2. The minimum Gasteiger partial charge on any atom is -0.329 e. The van der Waals surface area contributed by atoms with Crippen LogP contribution in [0.25, 0.3) is 16.9 Å². The van der Waals surface area contributed by atoms with E-state index in [0.717, 1.165) is 16.8 Å². The molecule has 0 saturated carbocycles. The average molecular weight is 380 g/mol. The van der Waals surface area contributed by atoms with Crippen molar-refractivity contribution in [2.45, 2.75) is 5.37 Å². The Morgan fingerprint density at radius 1 is 1.15 bits per heavy atom. The second kappa shape index (κ2) is 6.88. The maximum Gasteiger partial charge on any atom is 0.269 e. The van der Waals surface area contributed by atoms with Gasteiger partial charge in [0.15, 0.2) is 0 Å². The number of hydrogen-bond acceptors (Lipinski definition) is 5. The van der Waals surface area contributed by atoms with Crippen molar-refractivity contribution < 1.29 is 9.72 Å². The largest absolute Gasteiger partial charge is 0.329 e. The summed E-state index contributed by atoms with van der Waals surface area (Å²) in [5, 5.41) is 15.5. The molecule has 2 heterocycles. The Balaban J connectivity index is 1.82. The van der Waals surface area contributed by atoms with Crippen molar-refractivity contribution in [3.05, 3.63) is 76.5 Å². The van der Waals surface area contributed by atoms with Crippen molar-refractivity contribution in [1.82, 2.24) is 14.7 Å². The Kier molecular flexibility index (Phi) is 4.41. The molecule has 1 atom stereocenters. The molecule has 1 saturated heterocycles. The van der Waals surface area contributed by atoms with Crippen molar-refractivity contribution in [3.63, 3.8) is 0 Å². The normalized spacial score (nSPS) is 16.7. The Morgan fingerprint density at radius 2 is 1.85 bits per heavy atom. The smallest absolute Gasteiger partial charge is 0.269 e. The molecule has 27 heavy (non-hydrogen) atoms. The molecule has 2 aromatic carbocycles. The van der Waals surface area contributed by atoms with E-state index in [-0.39, 0.29) is 17.0 Å². The first-order valence-electron chi connectivity index (χ1n) is 8.31. The molecular weight excluding hydrogens is 364 g/mol. The lowest BCUT2D eigenvalue weighted by Crippen LogP contribution is -2.23. The molecule has 1 fully saturated rings. The number of nitro groups is 1. The second-order valence-electron chi connectivity index (χ2n) is 6.19. The van der Waals surface area contributed by atoms with Crippen molar-refractivity contribution in [2.75, 3.05) is 12.8 Å². The number of para-hydroxylation sites is 1. The molecule has 1 aliphatic rings. The summed E-state index contributed by atoms with van der Waals surface area (Å²) < 4.78 is 1.78. The Bertz CT molecular complexity index is 1000. The minimum absolute atomic E-state index is 0.0327. The average Bonchev–Trinajstić information content (AvgIpc) is 3.27. The van der Waals surface area contributed by atoms with E-state index in [1.54, 1.807) is 40.5 Å². The van der Waals surface area contributed by atoms with E-state index in [1.807, 2.05) is 36.5 Å². The van der Waals surface area contributed by atoms with Gasteiger partial charge in [-0.05, 0) is 24.3 Å². The topological polar surface area (TPSA) is 81.3 Å². The van der Waals surface area contributed by atoms with Crippen LogP contribution in [0.2, 0.25) is 0 Å². The zero-order valence-electron chi connectivity index (χ0n) is 14.5. The summed E-state index contributed by atoms with van der Waals surface area (Å²) in [6.07, 6.45) is 1.93. The molecule has 0 bridgehead atoms. The Morgan fingerprint density at radius 3 is 2.44 bits per heavy atom. The van der Waals surface area contributed by atoms with E-state index in [1.165, 1.54) is 12.1 Å². The number of carbonyl (C=O) groups excluding carboxylic acids is 1. The molecule has 0 radical (unpaired) electrons. The van der Waals surface area contributed by atoms with Gasteiger partial charge in [0.1, 0.15) is 5.37 Å². The van der Waals surface area contributed by atoms with Crippen LogP contribution in [0.1, 0.15) is 10.9 Å². The number of non-ortho nitro benzene ring substituents is 1. The number of nitrogens with zero attached hydrogens (tertiary/aromatic N) is 4. The summed E-state index contributed by atoms with van der Waals surface area (Å²) in [5.74, 6) is 0.504. The third kappa shape index (κ3) is 3.19. The van der Waals surface area contributed by atoms with Crippen molar-refractivity contribution >= 4 is 23.4 Å². The monoisotopic (exact) mass is 380 g/mol. The number of nitro benzene ring substituents is 1. The van der Waals surface area contributed by atoms with Crippen LogP contribution in [0, 0.1) is 10.1 Å². The zero-order chi connectivity index (χ0) is 19.0. The zero-order valence-corrected chi connectivity index (χ0v) is 15.3. The molecule has 0 unspecified atom stereocenters. The molecule has 1 amide bonds. The van der Waals surface area contributed by atoms with Gasteiger partial charge in [-0.25, -0.2) is 4.68 Å². The van der Waals surface area contributed by atoms with Gasteiger partial charge in [0.25, 0.3) is 5.69 Å². The van der Waals surface area contributed by atoms with E-state index < -0.39 is 4.92 Å². The van der Waals surface area contributed by atoms with Gasteiger partial charge in [-0.2, -0.15) is 5.10 Å². The summed E-state index contributed by atoms with van der Waals surface area (Å²) >= 11 is 1.55. The van der Waals surface area contributed by atoms with Gasteiger partial charge >= 0.3 is 0 Å². The van der Waals surface area contributed by atoms with Crippen LogP contribution < -0.4 is 0 Å². The summed E-state index contributed by atoms with van der Waals surface area (Å²) in [5.41, 5.74) is 3.34. The first-order valence-corrected chi connectivity index (χ1v) is 9.36. The van der Waals surface area contributed by atoms with Crippen LogP contribution in [0.3, 0.4) is 0 Å². The molecule has 4 rings (SSSR count). The molecule has 7 nitrogen and oxygen atoms in total. The predicted molar refractivity (Wildman–Crippen MR) is 104 cm³/mol. The molecule has 0 N–H and O–H groups in total. The second-order valence-corrected chi connectivity index (χ2v) is 7.25. The summed E-state index contributed by atoms with van der Waals surface area (Å²) in [6, 6.07) is 16.0. The van der Waals surface area contributed by atoms with E-state index in [0.29, 0.717) is 11.4 Å². The maximum absolute atomic E-state index is 12.0. The summed E-state index contributed by atoms with van der Waals surface area (Å²) in [4.78, 5) is 24.2. The van der Waals surface area contributed by atoms with Crippen LogP contribution in [0.4, 0.5) is 5.69 Å². The van der Waals surface area contributed by atoms with Crippen molar-refractivity contribution in [1.29, 1.82) is 0 Å². The number of carbonyl (C=O) groups is 1. The third-order valence-corrected chi connectivity index (χ3v) is 5.79. The van der Waals surface area contributed by atoms with E-state index in [9.17, 15) is 14.9 Å². The Hall–Kier alpha value is -3.13. The molecular formula is C19H16N4O3S. The number of rotatable bonds is 4. The van der Waals surface area contributed by atoms with Crippen LogP contribution in [-0.2, 0) is 4.79 Å². The summed E-state index contributed by atoms with van der Waals surface area (Å²) in [6.45, 7) is 0. The third-order valence-electron chi connectivity index (χ3n) is 4.49. The fourth-order valence-corrected chi connectivity index (χ4v) is 4.24. The maximum atomic E-state index is 12.0. The molecule has 3 aromatic rings. The fraction of sp³-hybridized carbons (Fsp3) is 0.158. The van der Waals surface area contributed by atoms with Gasteiger partial charge in [-0.3, -0.25) is 14.9 Å². The standard InChI is InChI=1S/C19H16N4O3S/c1-21-17(24)12-27-19(21)16-11-22(14-5-3-2-4-6-14)20-18(16)13-7-9-15(10-8-13)23(25)26/h2-11,19H,12H2,1H3/t19-/m1/s1. The van der Waals surface area contributed by atoms with Gasteiger partial charge < -0.3 is 4.90 Å². The first kappa shape index (κ1) is 17.3. The lowest BCUT2D eigenvalue weighted by Gasteiger charge is -2.18. The van der Waals surface area contributed by atoms with Crippen LogP contribution in [0.5, 0.6) is 0 Å². The highest BCUT2D eigenvalue weighted by molar-refractivity contribution is 8.00. The SMILES string of the molecule is CN1C(=O)CS[C@@H]1c1cn(-c2ccccc2)nc1-c1ccc([N+](=O)[O-])cc1. The van der Waals surface area contributed by atoms with E-state index in [4.69, 9.17) is 5.10 Å². The number of thioether (sulfide) groups is 1.